The zero-order chi connectivity index (χ0) is 16.2. The molecule has 0 aliphatic carbocycles. The van der Waals surface area contributed by atoms with Gasteiger partial charge in [0.2, 0.25) is 0 Å². The third-order valence-corrected chi connectivity index (χ3v) is 3.24. The van der Waals surface area contributed by atoms with E-state index in [0.29, 0.717) is 11.6 Å². The lowest BCUT2D eigenvalue weighted by Crippen LogP contribution is -2.28. The van der Waals surface area contributed by atoms with Crippen LogP contribution in [0.3, 0.4) is 0 Å². The van der Waals surface area contributed by atoms with Crippen LogP contribution in [0.15, 0.2) is 18.2 Å². The first-order chi connectivity index (χ1) is 9.58. The van der Waals surface area contributed by atoms with E-state index in [9.17, 15) is 9.90 Å². The molecule has 0 aliphatic rings. The molecule has 0 spiro atoms. The van der Waals surface area contributed by atoms with Crippen molar-refractivity contribution in [2.24, 2.45) is 11.8 Å². The first kappa shape index (κ1) is 17.3. The van der Waals surface area contributed by atoms with Crippen molar-refractivity contribution in [3.8, 4) is 5.75 Å². The Morgan fingerprint density at radius 3 is 2.48 bits per heavy atom. The number of phenols is 1. The zero-order valence-electron chi connectivity index (χ0n) is 13.6. The molecule has 0 fully saturated rings. The van der Waals surface area contributed by atoms with Gasteiger partial charge in [0.1, 0.15) is 11.4 Å². The highest BCUT2D eigenvalue weighted by atomic mass is 16.6. The number of rotatable bonds is 5. The second kappa shape index (κ2) is 6.83. The van der Waals surface area contributed by atoms with Crippen molar-refractivity contribution < 1.29 is 14.6 Å². The van der Waals surface area contributed by atoms with Gasteiger partial charge in [-0.2, -0.15) is 0 Å². The third-order valence-electron chi connectivity index (χ3n) is 3.24. The van der Waals surface area contributed by atoms with E-state index in [1.54, 1.807) is 12.1 Å². The number of carbonyl (C=O) groups is 1. The summed E-state index contributed by atoms with van der Waals surface area (Å²) in [5, 5.41) is 9.42. The van der Waals surface area contributed by atoms with Crippen molar-refractivity contribution in [2.75, 3.05) is 5.73 Å². The molecule has 1 aromatic rings. The van der Waals surface area contributed by atoms with Gasteiger partial charge < -0.3 is 15.6 Å². The minimum absolute atomic E-state index is 0.105. The average Bonchev–Trinajstić information content (AvgIpc) is 2.31. The standard InChI is InChI=1S/C17H27NO3/c1-11(8-12(2)16(20)21-17(3,4)5)9-13-6-7-15(19)14(18)10-13/h6-7,10-12,19H,8-9,18H2,1-5H3/t11-,12?/m1/s1. The van der Waals surface area contributed by atoms with Gasteiger partial charge in [0.05, 0.1) is 11.6 Å². The van der Waals surface area contributed by atoms with E-state index < -0.39 is 5.60 Å². The molecule has 0 saturated carbocycles. The number of nitrogens with two attached hydrogens (primary N) is 1. The topological polar surface area (TPSA) is 72.5 Å². The molecule has 0 radical (unpaired) electrons. The van der Waals surface area contributed by atoms with Crippen LogP contribution in [0, 0.1) is 11.8 Å². The number of anilines is 1. The predicted molar refractivity (Wildman–Crippen MR) is 85.0 cm³/mol. The zero-order valence-corrected chi connectivity index (χ0v) is 13.6. The van der Waals surface area contributed by atoms with E-state index in [2.05, 4.69) is 6.92 Å². The molecular weight excluding hydrogens is 266 g/mol. The molecule has 118 valence electrons. The summed E-state index contributed by atoms with van der Waals surface area (Å²) in [5.74, 6) is 0.151. The second-order valence-corrected chi connectivity index (χ2v) is 6.87. The summed E-state index contributed by atoms with van der Waals surface area (Å²) in [7, 11) is 0. The predicted octanol–water partition coefficient (Wildman–Crippen LogP) is 3.52. The number of aromatic hydroxyl groups is 1. The Morgan fingerprint density at radius 1 is 1.33 bits per heavy atom. The van der Waals surface area contributed by atoms with Crippen LogP contribution >= 0.6 is 0 Å². The van der Waals surface area contributed by atoms with Crippen LogP contribution in [-0.4, -0.2) is 16.7 Å². The molecule has 0 aromatic heterocycles. The summed E-state index contributed by atoms with van der Waals surface area (Å²) in [6, 6.07) is 5.25. The molecule has 3 N–H and O–H groups in total. The summed E-state index contributed by atoms with van der Waals surface area (Å²) in [5.41, 5.74) is 6.70. The molecule has 1 rings (SSSR count). The molecule has 21 heavy (non-hydrogen) atoms. The van der Waals surface area contributed by atoms with Gasteiger partial charge in [-0.25, -0.2) is 0 Å². The lowest BCUT2D eigenvalue weighted by Gasteiger charge is -2.23. The van der Waals surface area contributed by atoms with Gasteiger partial charge in [-0.1, -0.05) is 19.9 Å². The first-order valence-corrected chi connectivity index (χ1v) is 7.38. The van der Waals surface area contributed by atoms with Gasteiger partial charge in [-0.15, -0.1) is 0 Å². The largest absolute Gasteiger partial charge is 0.506 e. The van der Waals surface area contributed by atoms with Crippen LogP contribution in [0.4, 0.5) is 5.69 Å². The minimum atomic E-state index is -0.444. The lowest BCUT2D eigenvalue weighted by atomic mass is 9.91. The van der Waals surface area contributed by atoms with Gasteiger partial charge in [0, 0.05) is 0 Å². The van der Waals surface area contributed by atoms with Gasteiger partial charge >= 0.3 is 5.97 Å². The first-order valence-electron chi connectivity index (χ1n) is 7.38. The maximum absolute atomic E-state index is 12.0. The van der Waals surface area contributed by atoms with Crippen molar-refractivity contribution >= 4 is 11.7 Å². The molecular formula is C17H27NO3. The second-order valence-electron chi connectivity index (χ2n) is 6.87. The number of benzene rings is 1. The highest BCUT2D eigenvalue weighted by Gasteiger charge is 2.23. The van der Waals surface area contributed by atoms with Crippen molar-refractivity contribution in [1.82, 2.24) is 0 Å². The molecule has 1 aromatic carbocycles. The summed E-state index contributed by atoms with van der Waals surface area (Å²) < 4.78 is 5.39. The monoisotopic (exact) mass is 293 g/mol. The Kier molecular flexibility index (Phi) is 5.64. The number of nitrogen functional groups attached to an aromatic ring is 1. The quantitative estimate of drug-likeness (QED) is 0.495. The number of carbonyl (C=O) groups excluding carboxylic acids is 1. The molecule has 1 unspecified atom stereocenters. The van der Waals surface area contributed by atoms with Gasteiger partial charge in [0.15, 0.2) is 0 Å². The molecule has 0 aliphatic heterocycles. The molecule has 2 atom stereocenters. The van der Waals surface area contributed by atoms with E-state index in [4.69, 9.17) is 10.5 Å². The summed E-state index contributed by atoms with van der Waals surface area (Å²) in [6.45, 7) is 9.63. The van der Waals surface area contributed by atoms with E-state index in [1.807, 2.05) is 33.8 Å². The number of phenolic OH excluding ortho intramolecular Hbond substituents is 1. The molecule has 4 nitrogen and oxygen atoms in total. The van der Waals surface area contributed by atoms with Crippen LogP contribution in [0.25, 0.3) is 0 Å². The summed E-state index contributed by atoms with van der Waals surface area (Å²) in [4.78, 5) is 12.0. The minimum Gasteiger partial charge on any atom is -0.506 e. The summed E-state index contributed by atoms with van der Waals surface area (Å²) >= 11 is 0. The molecule has 0 amide bonds. The van der Waals surface area contributed by atoms with Crippen molar-refractivity contribution in [3.05, 3.63) is 23.8 Å². The Hall–Kier alpha value is -1.71. The molecule has 0 bridgehead atoms. The van der Waals surface area contributed by atoms with Gasteiger partial charge in [-0.3, -0.25) is 4.79 Å². The fourth-order valence-corrected chi connectivity index (χ4v) is 2.32. The Balaban J connectivity index is 2.54. The average molecular weight is 293 g/mol. The van der Waals surface area contributed by atoms with Gasteiger partial charge in [0.25, 0.3) is 0 Å². The van der Waals surface area contributed by atoms with E-state index in [-0.39, 0.29) is 17.6 Å². The third kappa shape index (κ3) is 6.06. The van der Waals surface area contributed by atoms with Crippen LogP contribution in [-0.2, 0) is 16.0 Å². The highest BCUT2D eigenvalue weighted by Crippen LogP contribution is 2.24. The van der Waals surface area contributed by atoms with E-state index in [0.717, 1.165) is 18.4 Å². The molecule has 0 saturated heterocycles. The number of hydrogen-bond acceptors (Lipinski definition) is 4. The number of esters is 1. The number of hydrogen-bond donors (Lipinski definition) is 2. The highest BCUT2D eigenvalue weighted by molar-refractivity contribution is 5.72. The smallest absolute Gasteiger partial charge is 0.309 e. The lowest BCUT2D eigenvalue weighted by molar-refractivity contribution is -0.159. The van der Waals surface area contributed by atoms with Crippen molar-refractivity contribution in [1.29, 1.82) is 0 Å². The molecule has 4 heteroatoms. The van der Waals surface area contributed by atoms with E-state index >= 15 is 0 Å². The molecule has 0 heterocycles. The van der Waals surface area contributed by atoms with Crippen LogP contribution in [0.5, 0.6) is 5.75 Å². The SMILES string of the molecule is CC(C[C@@H](C)Cc1ccc(O)c(N)c1)C(=O)OC(C)(C)C. The van der Waals surface area contributed by atoms with Gasteiger partial charge in [-0.05, 0) is 57.2 Å². The van der Waals surface area contributed by atoms with Crippen molar-refractivity contribution in [2.45, 2.75) is 53.1 Å². The Morgan fingerprint density at radius 2 is 1.95 bits per heavy atom. The Bertz CT molecular complexity index is 491. The fraction of sp³-hybridized carbons (Fsp3) is 0.588. The van der Waals surface area contributed by atoms with E-state index in [1.165, 1.54) is 0 Å². The maximum Gasteiger partial charge on any atom is 0.309 e. The van der Waals surface area contributed by atoms with Crippen molar-refractivity contribution in [3.63, 3.8) is 0 Å². The van der Waals surface area contributed by atoms with Crippen LogP contribution < -0.4 is 5.73 Å². The summed E-state index contributed by atoms with van der Waals surface area (Å²) in [6.07, 6.45) is 1.58. The van der Waals surface area contributed by atoms with Crippen LogP contribution in [0.1, 0.15) is 46.6 Å². The normalized spacial score (nSPS) is 14.5. The fourth-order valence-electron chi connectivity index (χ4n) is 2.32. The Labute approximate surface area is 127 Å². The maximum atomic E-state index is 12.0. The number of ether oxygens (including phenoxy) is 1. The van der Waals surface area contributed by atoms with Crippen LogP contribution in [0.2, 0.25) is 0 Å².